The number of hydrogen-bond acceptors (Lipinski definition) is 4. The van der Waals surface area contributed by atoms with Crippen molar-refractivity contribution in [1.82, 2.24) is 4.90 Å². The van der Waals surface area contributed by atoms with Gasteiger partial charge in [-0.05, 0) is 43.0 Å². The van der Waals surface area contributed by atoms with Crippen LogP contribution in [0.5, 0.6) is 0 Å². The second-order valence-corrected chi connectivity index (χ2v) is 4.98. The van der Waals surface area contributed by atoms with Gasteiger partial charge in [-0.2, -0.15) is 0 Å². The number of hydrogen-bond donors (Lipinski definition) is 1. The molecule has 0 spiro atoms. The Bertz CT molecular complexity index is 441. The van der Waals surface area contributed by atoms with Gasteiger partial charge in [-0.15, -0.1) is 0 Å². The summed E-state index contributed by atoms with van der Waals surface area (Å²) in [6.07, 6.45) is 0.821. The zero-order chi connectivity index (χ0) is 13.7. The predicted molar refractivity (Wildman–Crippen MR) is 72.4 cm³/mol. The van der Waals surface area contributed by atoms with Crippen LogP contribution in [0.3, 0.4) is 0 Å². The van der Waals surface area contributed by atoms with Crippen LogP contribution in [0.25, 0.3) is 0 Å². The molecule has 1 aromatic rings. The minimum absolute atomic E-state index is 0.0908. The van der Waals surface area contributed by atoms with Crippen LogP contribution in [0.2, 0.25) is 0 Å². The molecule has 0 saturated heterocycles. The molecule has 0 fully saturated rings. The monoisotopic (exact) mass is 319 g/mol. The Morgan fingerprint density at radius 1 is 1.50 bits per heavy atom. The van der Waals surface area contributed by atoms with Crippen LogP contribution < -0.4 is 5.32 Å². The molecule has 5 nitrogen and oxygen atoms in total. The van der Waals surface area contributed by atoms with E-state index in [0.717, 1.165) is 19.0 Å². The number of benzene rings is 1. The molecule has 1 N–H and O–H groups in total. The lowest BCUT2D eigenvalue weighted by Gasteiger charge is -2.11. The van der Waals surface area contributed by atoms with Crippen LogP contribution in [0, 0.1) is 15.9 Å². The maximum absolute atomic E-state index is 13.3. The lowest BCUT2D eigenvalue weighted by molar-refractivity contribution is -0.384. The Hall–Kier alpha value is -1.21. The van der Waals surface area contributed by atoms with Crippen molar-refractivity contribution in [2.24, 2.45) is 0 Å². The highest BCUT2D eigenvalue weighted by Gasteiger charge is 2.16. The van der Waals surface area contributed by atoms with E-state index in [1.165, 1.54) is 6.07 Å². The van der Waals surface area contributed by atoms with Crippen molar-refractivity contribution >= 4 is 27.3 Å². The zero-order valence-corrected chi connectivity index (χ0v) is 11.8. The zero-order valence-electron chi connectivity index (χ0n) is 10.2. The smallest absolute Gasteiger partial charge is 0.293 e. The van der Waals surface area contributed by atoms with E-state index in [0.29, 0.717) is 6.54 Å². The number of nitro groups is 1. The number of anilines is 1. The Morgan fingerprint density at radius 2 is 2.17 bits per heavy atom. The summed E-state index contributed by atoms with van der Waals surface area (Å²) in [5, 5.41) is 13.7. The largest absolute Gasteiger partial charge is 0.379 e. The van der Waals surface area contributed by atoms with Gasteiger partial charge in [0.1, 0.15) is 11.5 Å². The summed E-state index contributed by atoms with van der Waals surface area (Å²) in [6.45, 7) is 1.42. The van der Waals surface area contributed by atoms with Gasteiger partial charge in [0.15, 0.2) is 0 Å². The van der Waals surface area contributed by atoms with Gasteiger partial charge < -0.3 is 10.2 Å². The molecule has 1 rings (SSSR count). The molecule has 0 saturated carbocycles. The third-order valence-corrected chi connectivity index (χ3v) is 2.94. The molecule has 0 aliphatic heterocycles. The van der Waals surface area contributed by atoms with Gasteiger partial charge >= 0.3 is 0 Å². The number of rotatable bonds is 6. The fourth-order valence-corrected chi connectivity index (χ4v) is 1.78. The van der Waals surface area contributed by atoms with E-state index < -0.39 is 10.7 Å². The van der Waals surface area contributed by atoms with Crippen molar-refractivity contribution < 1.29 is 9.31 Å². The molecule has 7 heteroatoms. The van der Waals surface area contributed by atoms with Crippen LogP contribution >= 0.6 is 15.9 Å². The first-order valence-electron chi connectivity index (χ1n) is 5.44. The predicted octanol–water partition coefficient (Wildman–Crippen LogP) is 2.86. The molecule has 0 amide bonds. The average molecular weight is 320 g/mol. The van der Waals surface area contributed by atoms with Crippen molar-refractivity contribution in [2.45, 2.75) is 6.42 Å². The fraction of sp³-hybridized carbons (Fsp3) is 0.455. The number of nitro benzene ring substituents is 1. The summed E-state index contributed by atoms with van der Waals surface area (Å²) < 4.78 is 13.4. The van der Waals surface area contributed by atoms with Crippen molar-refractivity contribution in [3.05, 3.63) is 32.5 Å². The molecule has 1 aromatic carbocycles. The molecular formula is C11H15BrFN3O2. The lowest BCUT2D eigenvalue weighted by atomic mass is 10.2. The van der Waals surface area contributed by atoms with Crippen LogP contribution in [-0.2, 0) is 0 Å². The van der Waals surface area contributed by atoms with Gasteiger partial charge in [0.05, 0.1) is 9.40 Å². The summed E-state index contributed by atoms with van der Waals surface area (Å²) in [7, 11) is 3.89. The standard InChI is InChI=1S/C11H15BrFN3O2/c1-15(2)5-3-4-14-10-7-9(13)8(12)6-11(10)16(17)18/h6-7,14H,3-5H2,1-2H3. The second-order valence-electron chi connectivity index (χ2n) is 4.12. The van der Waals surface area contributed by atoms with E-state index in [9.17, 15) is 14.5 Å². The minimum Gasteiger partial charge on any atom is -0.379 e. The van der Waals surface area contributed by atoms with E-state index in [4.69, 9.17) is 0 Å². The normalized spacial score (nSPS) is 10.7. The molecule has 0 aliphatic carbocycles. The van der Waals surface area contributed by atoms with Gasteiger partial charge in [0, 0.05) is 18.7 Å². The molecule has 0 heterocycles. The Labute approximate surface area is 113 Å². The fourth-order valence-electron chi connectivity index (χ4n) is 1.45. The van der Waals surface area contributed by atoms with Crippen LogP contribution in [0.15, 0.2) is 16.6 Å². The summed E-state index contributed by atoms with van der Waals surface area (Å²) in [4.78, 5) is 12.3. The number of nitrogens with zero attached hydrogens (tertiary/aromatic N) is 2. The van der Waals surface area contributed by atoms with Crippen LogP contribution in [-0.4, -0.2) is 37.0 Å². The molecule has 0 bridgehead atoms. The molecule has 0 unspecified atom stereocenters. The number of halogens is 2. The Balaban J connectivity index is 2.74. The highest BCUT2D eigenvalue weighted by Crippen LogP contribution is 2.30. The number of nitrogens with one attached hydrogen (secondary N) is 1. The van der Waals surface area contributed by atoms with Gasteiger partial charge in [-0.25, -0.2) is 4.39 Å². The van der Waals surface area contributed by atoms with Crippen molar-refractivity contribution in [3.63, 3.8) is 0 Å². The highest BCUT2D eigenvalue weighted by molar-refractivity contribution is 9.10. The minimum atomic E-state index is -0.529. The Kier molecular flexibility index (Phi) is 5.49. The van der Waals surface area contributed by atoms with Gasteiger partial charge in [0.2, 0.25) is 0 Å². The summed E-state index contributed by atoms with van der Waals surface area (Å²) in [6, 6.07) is 2.31. The van der Waals surface area contributed by atoms with E-state index in [-0.39, 0.29) is 15.8 Å². The first-order valence-corrected chi connectivity index (χ1v) is 6.23. The quantitative estimate of drug-likeness (QED) is 0.497. The van der Waals surface area contributed by atoms with E-state index >= 15 is 0 Å². The van der Waals surface area contributed by atoms with E-state index in [2.05, 4.69) is 21.2 Å². The Morgan fingerprint density at radius 3 is 2.72 bits per heavy atom. The second kappa shape index (κ2) is 6.65. The lowest BCUT2D eigenvalue weighted by Crippen LogP contribution is -2.16. The first-order chi connectivity index (χ1) is 8.41. The summed E-state index contributed by atoms with van der Waals surface area (Å²) in [5.74, 6) is -0.518. The first kappa shape index (κ1) is 14.8. The maximum atomic E-state index is 13.3. The highest BCUT2D eigenvalue weighted by atomic mass is 79.9. The average Bonchev–Trinajstić information content (AvgIpc) is 2.28. The third-order valence-electron chi connectivity index (χ3n) is 2.33. The van der Waals surface area contributed by atoms with Crippen LogP contribution in [0.1, 0.15) is 6.42 Å². The molecule has 0 aromatic heterocycles. The molecular weight excluding hydrogens is 305 g/mol. The molecule has 100 valence electrons. The summed E-state index contributed by atoms with van der Waals surface area (Å²) >= 11 is 2.94. The SMILES string of the molecule is CN(C)CCCNc1cc(F)c(Br)cc1[N+](=O)[O-]. The molecule has 18 heavy (non-hydrogen) atoms. The van der Waals surface area contributed by atoms with Gasteiger partial charge in [-0.1, -0.05) is 0 Å². The molecule has 0 aliphatic rings. The molecule has 0 radical (unpaired) electrons. The van der Waals surface area contributed by atoms with Crippen molar-refractivity contribution in [1.29, 1.82) is 0 Å². The topological polar surface area (TPSA) is 58.4 Å². The van der Waals surface area contributed by atoms with Crippen molar-refractivity contribution in [2.75, 3.05) is 32.5 Å². The van der Waals surface area contributed by atoms with Gasteiger partial charge in [-0.3, -0.25) is 10.1 Å². The third kappa shape index (κ3) is 4.23. The van der Waals surface area contributed by atoms with E-state index in [1.807, 2.05) is 19.0 Å². The van der Waals surface area contributed by atoms with Crippen LogP contribution in [0.4, 0.5) is 15.8 Å². The molecule has 0 atom stereocenters. The van der Waals surface area contributed by atoms with E-state index in [1.54, 1.807) is 0 Å². The van der Waals surface area contributed by atoms with Gasteiger partial charge in [0.25, 0.3) is 5.69 Å². The maximum Gasteiger partial charge on any atom is 0.293 e. The van der Waals surface area contributed by atoms with Crippen molar-refractivity contribution in [3.8, 4) is 0 Å². The summed E-state index contributed by atoms with van der Waals surface area (Å²) in [5.41, 5.74) is 0.0765.